The van der Waals surface area contributed by atoms with Crippen molar-refractivity contribution in [3.8, 4) is 5.75 Å². The van der Waals surface area contributed by atoms with E-state index in [4.69, 9.17) is 9.52 Å². The normalized spacial score (nSPS) is 9.44. The summed E-state index contributed by atoms with van der Waals surface area (Å²) in [7, 11) is 0. The summed E-state index contributed by atoms with van der Waals surface area (Å²) in [6, 6.07) is 1.39. The zero-order valence-corrected chi connectivity index (χ0v) is 4.92. The molecule has 48 valence electrons. The summed E-state index contributed by atoms with van der Waals surface area (Å²) in [5.41, 5.74) is 0. The molecule has 0 unspecified atom stereocenters. The number of carbonyl (C=O) groups is 1. The molecule has 0 spiro atoms. The van der Waals surface area contributed by atoms with Gasteiger partial charge in [-0.25, -0.2) is 0 Å². The van der Waals surface area contributed by atoms with Crippen LogP contribution in [0.3, 0.4) is 0 Å². The zero-order chi connectivity index (χ0) is 6.85. The number of hydrogen-bond donors (Lipinski definition) is 1. The standard InChI is InChI=1S/C6H6O3/c1-4-2-5(8)6(3-7)9-4/h2-3,8H,1H3. The summed E-state index contributed by atoms with van der Waals surface area (Å²) in [4.78, 5) is 9.99. The molecular formula is C6H6O3. The maximum Gasteiger partial charge on any atom is 0.208 e. The number of hydrogen-bond acceptors (Lipinski definition) is 3. The van der Waals surface area contributed by atoms with Crippen molar-refractivity contribution in [1.82, 2.24) is 0 Å². The highest BCUT2D eigenvalue weighted by molar-refractivity contribution is 5.74. The number of aromatic hydroxyl groups is 1. The molecule has 1 rings (SSSR count). The van der Waals surface area contributed by atoms with E-state index in [1.165, 1.54) is 6.07 Å². The van der Waals surface area contributed by atoms with Crippen molar-refractivity contribution in [3.63, 3.8) is 0 Å². The van der Waals surface area contributed by atoms with Crippen LogP contribution in [0.5, 0.6) is 5.75 Å². The van der Waals surface area contributed by atoms with Gasteiger partial charge in [-0.2, -0.15) is 0 Å². The van der Waals surface area contributed by atoms with Crippen LogP contribution in [-0.4, -0.2) is 11.4 Å². The first kappa shape index (κ1) is 5.88. The Labute approximate surface area is 51.9 Å². The van der Waals surface area contributed by atoms with Crippen LogP contribution in [0.25, 0.3) is 0 Å². The average molecular weight is 126 g/mol. The average Bonchev–Trinajstić information content (AvgIpc) is 2.10. The molecule has 0 aliphatic heterocycles. The maximum absolute atomic E-state index is 9.99. The molecule has 0 aromatic carbocycles. The lowest BCUT2D eigenvalue weighted by Gasteiger charge is -1.79. The van der Waals surface area contributed by atoms with Crippen LogP contribution >= 0.6 is 0 Å². The molecule has 9 heavy (non-hydrogen) atoms. The van der Waals surface area contributed by atoms with Crippen molar-refractivity contribution in [2.45, 2.75) is 6.92 Å². The van der Waals surface area contributed by atoms with E-state index in [-0.39, 0.29) is 11.5 Å². The molecule has 0 amide bonds. The minimum Gasteiger partial charge on any atom is -0.504 e. The second-order valence-corrected chi connectivity index (χ2v) is 1.72. The maximum atomic E-state index is 9.99. The first-order valence-electron chi connectivity index (χ1n) is 2.48. The zero-order valence-electron chi connectivity index (χ0n) is 4.92. The molecule has 0 bridgehead atoms. The Hall–Kier alpha value is -1.25. The van der Waals surface area contributed by atoms with Crippen LogP contribution in [0.1, 0.15) is 16.3 Å². The summed E-state index contributed by atoms with van der Waals surface area (Å²) in [5, 5.41) is 8.81. The van der Waals surface area contributed by atoms with Crippen LogP contribution in [0, 0.1) is 6.92 Å². The summed E-state index contributed by atoms with van der Waals surface area (Å²) >= 11 is 0. The Kier molecular flexibility index (Phi) is 1.26. The number of aldehydes is 1. The third-order valence-electron chi connectivity index (χ3n) is 0.970. The van der Waals surface area contributed by atoms with Crippen molar-refractivity contribution < 1.29 is 14.3 Å². The lowest BCUT2D eigenvalue weighted by atomic mass is 10.4. The van der Waals surface area contributed by atoms with Crippen molar-refractivity contribution in [2.24, 2.45) is 0 Å². The van der Waals surface area contributed by atoms with Gasteiger partial charge in [-0.05, 0) is 6.92 Å². The van der Waals surface area contributed by atoms with Crippen LogP contribution in [0.2, 0.25) is 0 Å². The number of rotatable bonds is 1. The van der Waals surface area contributed by atoms with Crippen molar-refractivity contribution in [1.29, 1.82) is 0 Å². The van der Waals surface area contributed by atoms with Crippen molar-refractivity contribution >= 4 is 6.29 Å². The predicted molar refractivity (Wildman–Crippen MR) is 30.5 cm³/mol. The highest BCUT2D eigenvalue weighted by Crippen LogP contribution is 2.18. The smallest absolute Gasteiger partial charge is 0.208 e. The third kappa shape index (κ3) is 0.937. The van der Waals surface area contributed by atoms with Gasteiger partial charge in [-0.15, -0.1) is 0 Å². The van der Waals surface area contributed by atoms with E-state index >= 15 is 0 Å². The Morgan fingerprint density at radius 3 is 2.67 bits per heavy atom. The Balaban J connectivity index is 3.15. The Morgan fingerprint density at radius 2 is 2.44 bits per heavy atom. The van der Waals surface area contributed by atoms with Gasteiger partial charge < -0.3 is 9.52 Å². The van der Waals surface area contributed by atoms with E-state index < -0.39 is 0 Å². The molecule has 0 fully saturated rings. The van der Waals surface area contributed by atoms with Crippen molar-refractivity contribution in [3.05, 3.63) is 17.6 Å². The van der Waals surface area contributed by atoms with E-state index in [2.05, 4.69) is 0 Å². The fourth-order valence-corrected chi connectivity index (χ4v) is 0.603. The topological polar surface area (TPSA) is 50.4 Å². The molecule has 1 heterocycles. The Bertz CT molecular complexity index is 224. The predicted octanol–water partition coefficient (Wildman–Crippen LogP) is 1.11. The monoisotopic (exact) mass is 126 g/mol. The molecule has 1 N–H and O–H groups in total. The van der Waals surface area contributed by atoms with Gasteiger partial charge in [0.2, 0.25) is 5.76 Å². The molecule has 3 nitrogen and oxygen atoms in total. The van der Waals surface area contributed by atoms with Gasteiger partial charge in [-0.3, -0.25) is 4.79 Å². The minimum absolute atomic E-state index is 0.00694. The van der Waals surface area contributed by atoms with Gasteiger partial charge in [0, 0.05) is 6.07 Å². The van der Waals surface area contributed by atoms with Crippen LogP contribution < -0.4 is 0 Å². The first-order chi connectivity index (χ1) is 4.24. The van der Waals surface area contributed by atoms with Gasteiger partial charge >= 0.3 is 0 Å². The first-order valence-corrected chi connectivity index (χ1v) is 2.48. The van der Waals surface area contributed by atoms with Gasteiger partial charge in [0.1, 0.15) is 5.76 Å². The fraction of sp³-hybridized carbons (Fsp3) is 0.167. The SMILES string of the molecule is Cc1cc(O)c(C=O)o1. The molecule has 0 radical (unpaired) electrons. The van der Waals surface area contributed by atoms with Gasteiger partial charge in [0.15, 0.2) is 12.0 Å². The third-order valence-corrected chi connectivity index (χ3v) is 0.970. The second-order valence-electron chi connectivity index (χ2n) is 1.72. The Morgan fingerprint density at radius 1 is 1.78 bits per heavy atom. The van der Waals surface area contributed by atoms with Gasteiger partial charge in [-0.1, -0.05) is 0 Å². The van der Waals surface area contributed by atoms with Gasteiger partial charge in [0.05, 0.1) is 0 Å². The van der Waals surface area contributed by atoms with Crippen LogP contribution in [0.4, 0.5) is 0 Å². The summed E-state index contributed by atoms with van der Waals surface area (Å²) in [5.74, 6) is 0.435. The summed E-state index contributed by atoms with van der Waals surface area (Å²) in [6.45, 7) is 1.66. The largest absolute Gasteiger partial charge is 0.504 e. The molecule has 0 atom stereocenters. The summed E-state index contributed by atoms with van der Waals surface area (Å²) < 4.78 is 4.75. The molecule has 0 saturated carbocycles. The lowest BCUT2D eigenvalue weighted by molar-refractivity contribution is 0.109. The molecule has 0 aliphatic carbocycles. The van der Waals surface area contributed by atoms with Crippen LogP contribution in [-0.2, 0) is 0 Å². The highest BCUT2D eigenvalue weighted by atomic mass is 16.4. The number of carbonyl (C=O) groups excluding carboxylic acids is 1. The molecule has 1 aromatic rings. The molecule has 0 saturated heterocycles. The lowest BCUT2D eigenvalue weighted by Crippen LogP contribution is -1.70. The van der Waals surface area contributed by atoms with E-state index in [9.17, 15) is 4.79 Å². The fourth-order valence-electron chi connectivity index (χ4n) is 0.603. The number of aryl methyl sites for hydroxylation is 1. The van der Waals surface area contributed by atoms with Crippen LogP contribution in [0.15, 0.2) is 10.5 Å². The molecule has 3 heteroatoms. The van der Waals surface area contributed by atoms with E-state index in [1.54, 1.807) is 6.92 Å². The quantitative estimate of drug-likeness (QED) is 0.573. The number of furan rings is 1. The van der Waals surface area contributed by atoms with Crippen molar-refractivity contribution in [2.75, 3.05) is 0 Å². The second kappa shape index (κ2) is 1.93. The van der Waals surface area contributed by atoms with E-state index in [0.29, 0.717) is 12.0 Å². The highest BCUT2D eigenvalue weighted by Gasteiger charge is 2.03. The molecular weight excluding hydrogens is 120 g/mol. The van der Waals surface area contributed by atoms with Gasteiger partial charge in [0.25, 0.3) is 0 Å². The summed E-state index contributed by atoms with van der Waals surface area (Å²) in [6.07, 6.45) is 0.475. The minimum atomic E-state index is -0.0949. The molecule has 1 aromatic heterocycles. The van der Waals surface area contributed by atoms with E-state index in [1.807, 2.05) is 0 Å². The van der Waals surface area contributed by atoms with E-state index in [0.717, 1.165) is 0 Å². The molecule has 0 aliphatic rings.